The average molecular weight is 342 g/mol. The zero-order valence-corrected chi connectivity index (χ0v) is 14.0. The largest absolute Gasteiger partial charge is 0.423 e. The van der Waals surface area contributed by atoms with Gasteiger partial charge in [-0.1, -0.05) is 12.1 Å². The number of para-hydroxylation sites is 2. The van der Waals surface area contributed by atoms with Crippen LogP contribution in [0.4, 0.5) is 6.01 Å². The summed E-state index contributed by atoms with van der Waals surface area (Å²) in [6.07, 6.45) is 4.01. The lowest BCUT2D eigenvalue weighted by atomic mass is 10.0. The van der Waals surface area contributed by atoms with Gasteiger partial charge in [0, 0.05) is 19.5 Å². The molecule has 2 atom stereocenters. The average Bonchev–Trinajstić information content (AvgIpc) is 3.25. The minimum Gasteiger partial charge on any atom is -0.423 e. The van der Waals surface area contributed by atoms with Gasteiger partial charge < -0.3 is 20.0 Å². The van der Waals surface area contributed by atoms with E-state index in [0.29, 0.717) is 25.4 Å². The summed E-state index contributed by atoms with van der Waals surface area (Å²) in [5, 5.41) is 5.74. The molecule has 2 aliphatic heterocycles. The van der Waals surface area contributed by atoms with E-state index in [1.54, 1.807) is 0 Å². The molecule has 2 fully saturated rings. The highest BCUT2D eigenvalue weighted by molar-refractivity contribution is 5.88. The van der Waals surface area contributed by atoms with Crippen LogP contribution in [0.1, 0.15) is 32.1 Å². The first kappa shape index (κ1) is 15.9. The van der Waals surface area contributed by atoms with Gasteiger partial charge in [0.1, 0.15) is 11.6 Å². The molecule has 2 N–H and O–H groups in total. The van der Waals surface area contributed by atoms with Crippen molar-refractivity contribution in [2.75, 3.05) is 18.0 Å². The van der Waals surface area contributed by atoms with E-state index in [1.165, 1.54) is 0 Å². The molecule has 2 amide bonds. The highest BCUT2D eigenvalue weighted by Crippen LogP contribution is 2.28. The molecule has 2 aromatic rings. The summed E-state index contributed by atoms with van der Waals surface area (Å²) in [6, 6.07) is 8.08. The standard InChI is InChI=1S/C18H22N4O3/c23-16-9-3-7-14(20-16)17(24)19-11-12-5-4-10-22(12)18-21-13-6-1-2-8-15(13)25-18/h1-2,6,8,12,14H,3-5,7,9-11H2,(H,19,24)(H,20,23)/t12-,14-/m1/s1. The predicted molar refractivity (Wildman–Crippen MR) is 93.2 cm³/mol. The summed E-state index contributed by atoms with van der Waals surface area (Å²) < 4.78 is 5.86. The smallest absolute Gasteiger partial charge is 0.298 e. The third-order valence-electron chi connectivity index (χ3n) is 4.97. The lowest BCUT2D eigenvalue weighted by Gasteiger charge is -2.26. The van der Waals surface area contributed by atoms with Crippen LogP contribution >= 0.6 is 0 Å². The molecule has 7 heteroatoms. The number of rotatable bonds is 4. The lowest BCUT2D eigenvalue weighted by Crippen LogP contribution is -2.51. The van der Waals surface area contributed by atoms with E-state index in [2.05, 4.69) is 20.5 Å². The number of nitrogens with zero attached hydrogens (tertiary/aromatic N) is 2. The molecule has 0 saturated carbocycles. The molecule has 25 heavy (non-hydrogen) atoms. The Balaban J connectivity index is 1.39. The summed E-state index contributed by atoms with van der Waals surface area (Å²) in [4.78, 5) is 30.4. The minimum atomic E-state index is -0.402. The van der Waals surface area contributed by atoms with Gasteiger partial charge in [-0.25, -0.2) is 0 Å². The second kappa shape index (κ2) is 6.74. The maximum absolute atomic E-state index is 12.3. The van der Waals surface area contributed by atoms with E-state index in [4.69, 9.17) is 4.42 Å². The number of carbonyl (C=O) groups excluding carboxylic acids is 2. The molecule has 0 unspecified atom stereocenters. The monoisotopic (exact) mass is 342 g/mol. The Labute approximate surface area is 145 Å². The van der Waals surface area contributed by atoms with Gasteiger partial charge in [-0.3, -0.25) is 9.59 Å². The topological polar surface area (TPSA) is 87.5 Å². The third-order valence-corrected chi connectivity index (χ3v) is 4.97. The number of hydrogen-bond donors (Lipinski definition) is 2. The maximum Gasteiger partial charge on any atom is 0.298 e. The summed E-state index contributed by atoms with van der Waals surface area (Å²) in [5.74, 6) is -0.141. The molecule has 2 saturated heterocycles. The van der Waals surface area contributed by atoms with Crippen LogP contribution in [0.25, 0.3) is 11.1 Å². The molecule has 1 aromatic heterocycles. The van der Waals surface area contributed by atoms with E-state index in [9.17, 15) is 9.59 Å². The van der Waals surface area contributed by atoms with Crippen molar-refractivity contribution >= 4 is 28.9 Å². The molecular formula is C18H22N4O3. The molecule has 0 spiro atoms. The molecule has 0 radical (unpaired) electrons. The van der Waals surface area contributed by atoms with E-state index in [1.807, 2.05) is 24.3 Å². The van der Waals surface area contributed by atoms with E-state index in [0.717, 1.165) is 36.9 Å². The summed E-state index contributed by atoms with van der Waals surface area (Å²) in [5.41, 5.74) is 1.62. The van der Waals surface area contributed by atoms with Gasteiger partial charge >= 0.3 is 0 Å². The maximum atomic E-state index is 12.3. The number of aromatic nitrogens is 1. The minimum absolute atomic E-state index is 0.0413. The van der Waals surface area contributed by atoms with Crippen LogP contribution in [0.5, 0.6) is 0 Å². The quantitative estimate of drug-likeness (QED) is 0.881. The van der Waals surface area contributed by atoms with Gasteiger partial charge in [0.15, 0.2) is 5.58 Å². The number of benzene rings is 1. The van der Waals surface area contributed by atoms with Gasteiger partial charge in [-0.2, -0.15) is 4.98 Å². The van der Waals surface area contributed by atoms with E-state index >= 15 is 0 Å². The molecule has 7 nitrogen and oxygen atoms in total. The molecular weight excluding hydrogens is 320 g/mol. The van der Waals surface area contributed by atoms with Crippen LogP contribution in [-0.4, -0.2) is 42.0 Å². The van der Waals surface area contributed by atoms with Gasteiger partial charge in [0.05, 0.1) is 6.04 Å². The lowest BCUT2D eigenvalue weighted by molar-refractivity contribution is -0.131. The van der Waals surface area contributed by atoms with Crippen molar-refractivity contribution in [2.45, 2.75) is 44.2 Å². The number of anilines is 1. The molecule has 132 valence electrons. The number of oxazole rings is 1. The highest BCUT2D eigenvalue weighted by Gasteiger charge is 2.30. The Morgan fingerprint density at radius 3 is 3.04 bits per heavy atom. The van der Waals surface area contributed by atoms with Gasteiger partial charge in [0.2, 0.25) is 11.8 Å². The Morgan fingerprint density at radius 2 is 2.20 bits per heavy atom. The fourth-order valence-electron chi connectivity index (χ4n) is 3.63. The van der Waals surface area contributed by atoms with Crippen LogP contribution in [0, 0.1) is 0 Å². The predicted octanol–water partition coefficient (Wildman–Crippen LogP) is 1.58. The highest BCUT2D eigenvalue weighted by atomic mass is 16.4. The second-order valence-corrected chi connectivity index (χ2v) is 6.71. The SMILES string of the molecule is O=C1CCC[C@H](C(=O)NC[C@H]2CCCN2c2nc3ccccc3o2)N1. The van der Waals surface area contributed by atoms with Gasteiger partial charge in [-0.05, 0) is 37.8 Å². The fraction of sp³-hybridized carbons (Fsp3) is 0.500. The molecule has 0 bridgehead atoms. The Bertz CT molecular complexity index is 754. The summed E-state index contributed by atoms with van der Waals surface area (Å²) >= 11 is 0. The zero-order valence-electron chi connectivity index (χ0n) is 14.0. The number of fused-ring (bicyclic) bond motifs is 1. The second-order valence-electron chi connectivity index (χ2n) is 6.71. The van der Waals surface area contributed by atoms with Crippen molar-refractivity contribution in [3.05, 3.63) is 24.3 Å². The first-order valence-corrected chi connectivity index (χ1v) is 8.90. The van der Waals surface area contributed by atoms with Crippen LogP contribution < -0.4 is 15.5 Å². The van der Waals surface area contributed by atoms with Crippen molar-refractivity contribution in [3.63, 3.8) is 0 Å². The first-order chi connectivity index (χ1) is 12.2. The number of hydrogen-bond acceptors (Lipinski definition) is 5. The van der Waals surface area contributed by atoms with Crippen molar-refractivity contribution < 1.29 is 14.0 Å². The summed E-state index contributed by atoms with van der Waals surface area (Å²) in [6.45, 7) is 1.40. The van der Waals surface area contributed by atoms with Crippen molar-refractivity contribution in [3.8, 4) is 0 Å². The Kier molecular flexibility index (Phi) is 4.29. The van der Waals surface area contributed by atoms with Crippen LogP contribution in [0.2, 0.25) is 0 Å². The molecule has 1 aromatic carbocycles. The normalized spacial score (nSPS) is 23.7. The molecule has 3 heterocycles. The number of amides is 2. The van der Waals surface area contributed by atoms with Gasteiger partial charge in [-0.15, -0.1) is 0 Å². The first-order valence-electron chi connectivity index (χ1n) is 8.90. The van der Waals surface area contributed by atoms with Crippen LogP contribution in [-0.2, 0) is 9.59 Å². The Morgan fingerprint density at radius 1 is 1.32 bits per heavy atom. The summed E-state index contributed by atoms with van der Waals surface area (Å²) in [7, 11) is 0. The zero-order chi connectivity index (χ0) is 17.2. The molecule has 0 aliphatic carbocycles. The number of piperidine rings is 1. The van der Waals surface area contributed by atoms with Crippen molar-refractivity contribution in [1.29, 1.82) is 0 Å². The number of carbonyl (C=O) groups is 2. The van der Waals surface area contributed by atoms with Crippen LogP contribution in [0.15, 0.2) is 28.7 Å². The van der Waals surface area contributed by atoms with Crippen molar-refractivity contribution in [1.82, 2.24) is 15.6 Å². The molecule has 4 rings (SSSR count). The van der Waals surface area contributed by atoms with E-state index in [-0.39, 0.29) is 17.9 Å². The van der Waals surface area contributed by atoms with Gasteiger partial charge in [0.25, 0.3) is 6.01 Å². The number of nitrogens with one attached hydrogen (secondary N) is 2. The molecule has 2 aliphatic rings. The Hall–Kier alpha value is -2.57. The fourth-order valence-corrected chi connectivity index (χ4v) is 3.63. The third kappa shape index (κ3) is 3.31. The van der Waals surface area contributed by atoms with Crippen molar-refractivity contribution in [2.24, 2.45) is 0 Å². The van der Waals surface area contributed by atoms with Crippen LogP contribution in [0.3, 0.4) is 0 Å². The van der Waals surface area contributed by atoms with E-state index < -0.39 is 6.04 Å².